The Bertz CT molecular complexity index is 133. The fraction of sp³-hybridized carbons (Fsp3) is 0.833. The summed E-state index contributed by atoms with van der Waals surface area (Å²) in [6.45, 7) is 0.468. The van der Waals surface area contributed by atoms with Crippen molar-refractivity contribution in [2.45, 2.75) is 25.2 Å². The Labute approximate surface area is 63.9 Å². The van der Waals surface area contributed by atoms with Gasteiger partial charge in [0.2, 0.25) is 0 Å². The van der Waals surface area contributed by atoms with Crippen LogP contribution in [-0.2, 0) is 4.79 Å². The number of ketones is 1. The van der Waals surface area contributed by atoms with E-state index in [9.17, 15) is 4.79 Å². The molecule has 5 heteroatoms. The van der Waals surface area contributed by atoms with Crippen molar-refractivity contribution in [2.24, 2.45) is 0 Å². The quantitative estimate of drug-likeness (QED) is 0.373. The lowest BCUT2D eigenvalue weighted by Crippen LogP contribution is -2.41. The first-order valence-corrected chi connectivity index (χ1v) is 3.19. The zero-order chi connectivity index (χ0) is 9.02. The van der Waals surface area contributed by atoms with Gasteiger partial charge in [0, 0.05) is 0 Å². The van der Waals surface area contributed by atoms with Crippen LogP contribution in [0.2, 0.25) is 0 Å². The van der Waals surface area contributed by atoms with Crippen LogP contribution in [0.5, 0.6) is 0 Å². The van der Waals surface area contributed by atoms with Crippen molar-refractivity contribution in [3.63, 3.8) is 0 Å². The molecule has 0 saturated carbocycles. The van der Waals surface area contributed by atoms with Crippen LogP contribution < -0.4 is 0 Å². The molecule has 3 unspecified atom stereocenters. The van der Waals surface area contributed by atoms with E-state index in [2.05, 4.69) is 0 Å². The molecule has 0 bridgehead atoms. The van der Waals surface area contributed by atoms with Gasteiger partial charge in [0.1, 0.15) is 18.3 Å². The lowest BCUT2D eigenvalue weighted by Gasteiger charge is -2.15. The molecule has 5 nitrogen and oxygen atoms in total. The smallest absolute Gasteiger partial charge is 0.192 e. The molecule has 0 aromatic carbocycles. The second kappa shape index (κ2) is 4.40. The van der Waals surface area contributed by atoms with Gasteiger partial charge in [-0.1, -0.05) is 0 Å². The van der Waals surface area contributed by atoms with Gasteiger partial charge in [-0.3, -0.25) is 4.79 Å². The number of carbonyl (C=O) groups is 1. The van der Waals surface area contributed by atoms with Crippen molar-refractivity contribution in [3.05, 3.63) is 0 Å². The summed E-state index contributed by atoms with van der Waals surface area (Å²) in [7, 11) is 0. The van der Waals surface area contributed by atoms with Gasteiger partial charge < -0.3 is 20.4 Å². The largest absolute Gasteiger partial charge is 0.394 e. The summed E-state index contributed by atoms with van der Waals surface area (Å²) < 4.78 is 0. The molecule has 0 radical (unpaired) electrons. The highest BCUT2D eigenvalue weighted by atomic mass is 16.4. The van der Waals surface area contributed by atoms with Crippen LogP contribution >= 0.6 is 0 Å². The third-order valence-electron chi connectivity index (χ3n) is 1.25. The van der Waals surface area contributed by atoms with Gasteiger partial charge >= 0.3 is 0 Å². The first kappa shape index (κ1) is 10.5. The maximum Gasteiger partial charge on any atom is 0.192 e. The van der Waals surface area contributed by atoms with Crippen molar-refractivity contribution in [1.82, 2.24) is 0 Å². The molecule has 66 valence electrons. The molecule has 3 atom stereocenters. The molecule has 0 aliphatic heterocycles. The predicted octanol–water partition coefficient (Wildman–Crippen LogP) is -2.35. The highest BCUT2D eigenvalue weighted by molar-refractivity contribution is 5.87. The third kappa shape index (κ3) is 2.94. The molecular formula is C6H12O5. The first-order valence-electron chi connectivity index (χ1n) is 3.19. The molecule has 0 heterocycles. The fourth-order valence-electron chi connectivity index (χ4n) is 0.537. The van der Waals surface area contributed by atoms with Crippen LogP contribution in [0.4, 0.5) is 0 Å². The number of aliphatic hydroxyl groups excluding tert-OH is 4. The average Bonchev–Trinajstić information content (AvgIpc) is 2.00. The molecule has 0 aliphatic rings. The van der Waals surface area contributed by atoms with Gasteiger partial charge in [0.05, 0.1) is 6.61 Å². The van der Waals surface area contributed by atoms with Gasteiger partial charge in [-0.15, -0.1) is 0 Å². The molecule has 0 aliphatic carbocycles. The van der Waals surface area contributed by atoms with Crippen molar-refractivity contribution >= 4 is 5.78 Å². The minimum atomic E-state index is -1.71. The molecule has 0 amide bonds. The second-order valence-electron chi connectivity index (χ2n) is 2.27. The zero-order valence-electron chi connectivity index (χ0n) is 6.14. The summed E-state index contributed by atoms with van der Waals surface area (Å²) in [5.74, 6) is -0.897. The van der Waals surface area contributed by atoms with E-state index in [1.165, 1.54) is 6.92 Å². The molecule has 0 spiro atoms. The van der Waals surface area contributed by atoms with Crippen LogP contribution in [0.15, 0.2) is 0 Å². The second-order valence-corrected chi connectivity index (χ2v) is 2.27. The molecule has 0 fully saturated rings. The summed E-state index contributed by atoms with van der Waals surface area (Å²) in [6, 6.07) is 0. The van der Waals surface area contributed by atoms with Gasteiger partial charge in [-0.05, 0) is 6.92 Å². The Kier molecular flexibility index (Phi) is 4.20. The summed E-state index contributed by atoms with van der Waals surface area (Å²) in [6.07, 6.45) is -4.55. The zero-order valence-corrected chi connectivity index (χ0v) is 6.14. The molecule has 11 heavy (non-hydrogen) atoms. The molecule has 0 aromatic rings. The number of Topliss-reactive ketones (excluding diaryl/α,β-unsaturated/α-hetero) is 1. The number of hydrogen-bond acceptors (Lipinski definition) is 5. The SMILES string of the molecule is CC(O)C(=O)C(O)C(O)CO. The van der Waals surface area contributed by atoms with Crippen molar-refractivity contribution in [2.75, 3.05) is 6.61 Å². The van der Waals surface area contributed by atoms with E-state index in [1.54, 1.807) is 0 Å². The fourth-order valence-corrected chi connectivity index (χ4v) is 0.537. The molecule has 4 N–H and O–H groups in total. The van der Waals surface area contributed by atoms with Crippen molar-refractivity contribution in [1.29, 1.82) is 0 Å². The first-order chi connectivity index (χ1) is 5.00. The van der Waals surface area contributed by atoms with E-state index in [-0.39, 0.29) is 0 Å². The summed E-state index contributed by atoms with van der Waals surface area (Å²) in [5.41, 5.74) is 0. The molecular weight excluding hydrogens is 152 g/mol. The van der Waals surface area contributed by atoms with E-state index in [1.807, 2.05) is 0 Å². The van der Waals surface area contributed by atoms with E-state index < -0.39 is 30.7 Å². The Morgan fingerprint density at radius 3 is 2.09 bits per heavy atom. The summed E-state index contributed by atoms with van der Waals surface area (Å²) in [4.78, 5) is 10.7. The third-order valence-corrected chi connectivity index (χ3v) is 1.25. The lowest BCUT2D eigenvalue weighted by atomic mass is 10.1. The van der Waals surface area contributed by atoms with Gasteiger partial charge in [0.25, 0.3) is 0 Å². The van der Waals surface area contributed by atoms with Crippen LogP contribution in [-0.4, -0.2) is 51.1 Å². The maximum absolute atomic E-state index is 10.7. The topological polar surface area (TPSA) is 98.0 Å². The Hall–Kier alpha value is -0.490. The van der Waals surface area contributed by atoms with Crippen LogP contribution in [0.3, 0.4) is 0 Å². The monoisotopic (exact) mass is 164 g/mol. The van der Waals surface area contributed by atoms with Gasteiger partial charge in [-0.25, -0.2) is 0 Å². The van der Waals surface area contributed by atoms with E-state index in [0.29, 0.717) is 0 Å². The minimum absolute atomic E-state index is 0.709. The number of rotatable bonds is 4. The number of aliphatic hydroxyl groups is 4. The minimum Gasteiger partial charge on any atom is -0.394 e. The standard InChI is InChI=1S/C6H12O5/c1-3(8)5(10)6(11)4(9)2-7/h3-4,6-9,11H,2H2,1H3. The highest BCUT2D eigenvalue weighted by Crippen LogP contribution is 1.97. The predicted molar refractivity (Wildman–Crippen MR) is 35.8 cm³/mol. The normalized spacial score (nSPS) is 19.0. The Morgan fingerprint density at radius 1 is 1.36 bits per heavy atom. The maximum atomic E-state index is 10.7. The summed E-state index contributed by atoms with van der Waals surface area (Å²) >= 11 is 0. The van der Waals surface area contributed by atoms with E-state index >= 15 is 0 Å². The summed E-state index contributed by atoms with van der Waals surface area (Å²) in [5, 5.41) is 34.5. The Balaban J connectivity index is 4.02. The van der Waals surface area contributed by atoms with Crippen LogP contribution in [0.1, 0.15) is 6.92 Å². The average molecular weight is 164 g/mol. The number of carbonyl (C=O) groups excluding carboxylic acids is 1. The van der Waals surface area contributed by atoms with Gasteiger partial charge in [0.15, 0.2) is 5.78 Å². The van der Waals surface area contributed by atoms with E-state index in [0.717, 1.165) is 0 Å². The molecule has 0 saturated heterocycles. The van der Waals surface area contributed by atoms with E-state index in [4.69, 9.17) is 20.4 Å². The lowest BCUT2D eigenvalue weighted by molar-refractivity contribution is -0.142. The van der Waals surface area contributed by atoms with Gasteiger partial charge in [-0.2, -0.15) is 0 Å². The number of hydrogen-bond donors (Lipinski definition) is 4. The highest BCUT2D eigenvalue weighted by Gasteiger charge is 2.26. The molecule has 0 aromatic heterocycles. The molecule has 0 rings (SSSR count). The Morgan fingerprint density at radius 2 is 1.82 bits per heavy atom. The van der Waals surface area contributed by atoms with Crippen LogP contribution in [0.25, 0.3) is 0 Å². The van der Waals surface area contributed by atoms with Crippen molar-refractivity contribution in [3.8, 4) is 0 Å². The van der Waals surface area contributed by atoms with Crippen molar-refractivity contribution < 1.29 is 25.2 Å². The van der Waals surface area contributed by atoms with Crippen LogP contribution in [0, 0.1) is 0 Å².